The van der Waals surface area contributed by atoms with Gasteiger partial charge in [-0.1, -0.05) is 35.9 Å². The van der Waals surface area contributed by atoms with Crippen molar-refractivity contribution in [2.75, 3.05) is 4.90 Å². The van der Waals surface area contributed by atoms with Gasteiger partial charge in [-0.3, -0.25) is 14.5 Å². The lowest BCUT2D eigenvalue weighted by Gasteiger charge is -2.23. The number of carbonyl (C=O) groups excluding carboxylic acids is 2. The van der Waals surface area contributed by atoms with Crippen molar-refractivity contribution in [1.29, 1.82) is 0 Å². The normalized spacial score (nSPS) is 18.3. The number of rotatable bonds is 3. The Morgan fingerprint density at radius 1 is 1.10 bits per heavy atom. The van der Waals surface area contributed by atoms with Gasteiger partial charge in [-0.05, 0) is 43.3 Å². The van der Waals surface area contributed by atoms with E-state index in [1.165, 1.54) is 4.90 Å². The standard InChI is InChI=1S/C24H17ClN2O4/c1-13-9-10-19(31-13)21-20(22(28)17-12-26-18-8-3-2-7-16(17)18)23(29)24(30)27(21)15-6-4-5-14(25)11-15/h2-12,21,26,28H,1H3/b22-20-. The molecular weight excluding hydrogens is 416 g/mol. The molecule has 154 valence electrons. The zero-order valence-electron chi connectivity index (χ0n) is 16.4. The van der Waals surface area contributed by atoms with Crippen LogP contribution in [-0.4, -0.2) is 21.8 Å². The van der Waals surface area contributed by atoms with Crippen molar-refractivity contribution in [3.8, 4) is 0 Å². The van der Waals surface area contributed by atoms with Crippen LogP contribution in [0.25, 0.3) is 16.7 Å². The fraction of sp³-hybridized carbons (Fsp3) is 0.0833. The fourth-order valence-corrected chi connectivity index (χ4v) is 4.19. The largest absolute Gasteiger partial charge is 0.507 e. The van der Waals surface area contributed by atoms with Gasteiger partial charge >= 0.3 is 0 Å². The van der Waals surface area contributed by atoms with Gasteiger partial charge in [-0.2, -0.15) is 0 Å². The molecule has 1 amide bonds. The Kier molecular flexibility index (Phi) is 4.45. The van der Waals surface area contributed by atoms with Gasteiger partial charge in [0.05, 0.1) is 5.57 Å². The number of benzene rings is 2. The second-order valence-corrected chi connectivity index (χ2v) is 7.78. The van der Waals surface area contributed by atoms with E-state index in [0.29, 0.717) is 27.8 Å². The van der Waals surface area contributed by atoms with E-state index in [0.717, 1.165) is 10.9 Å². The lowest BCUT2D eigenvalue weighted by Crippen LogP contribution is -2.29. The molecule has 5 rings (SSSR count). The molecule has 3 heterocycles. The number of aromatic amines is 1. The van der Waals surface area contributed by atoms with Gasteiger partial charge in [0.15, 0.2) is 0 Å². The number of carbonyl (C=O) groups is 2. The maximum Gasteiger partial charge on any atom is 0.300 e. The quantitative estimate of drug-likeness (QED) is 0.259. The number of halogens is 1. The number of H-pyrrole nitrogens is 1. The molecule has 1 atom stereocenters. The minimum Gasteiger partial charge on any atom is -0.507 e. The summed E-state index contributed by atoms with van der Waals surface area (Å²) in [5, 5.41) is 12.4. The molecule has 6 nitrogen and oxygen atoms in total. The molecule has 0 saturated carbocycles. The number of nitrogens with one attached hydrogen (secondary N) is 1. The molecule has 7 heteroatoms. The van der Waals surface area contributed by atoms with Crippen LogP contribution in [0.4, 0.5) is 5.69 Å². The van der Waals surface area contributed by atoms with Crippen LogP contribution < -0.4 is 4.90 Å². The molecule has 0 radical (unpaired) electrons. The maximum absolute atomic E-state index is 13.1. The molecule has 1 saturated heterocycles. The van der Waals surface area contributed by atoms with Crippen LogP contribution in [0.2, 0.25) is 5.02 Å². The summed E-state index contributed by atoms with van der Waals surface area (Å²) < 4.78 is 5.80. The van der Waals surface area contributed by atoms with Crippen molar-refractivity contribution >= 4 is 45.6 Å². The van der Waals surface area contributed by atoms with Crippen molar-refractivity contribution < 1.29 is 19.1 Å². The van der Waals surface area contributed by atoms with Gasteiger partial charge in [0.2, 0.25) is 0 Å². The van der Waals surface area contributed by atoms with Gasteiger partial charge in [0.25, 0.3) is 11.7 Å². The number of furan rings is 1. The van der Waals surface area contributed by atoms with Crippen LogP contribution >= 0.6 is 11.6 Å². The zero-order chi connectivity index (χ0) is 21.7. The average Bonchev–Trinajstić information content (AvgIpc) is 3.44. The Labute approximate surface area is 182 Å². The third kappa shape index (κ3) is 3.04. The van der Waals surface area contributed by atoms with Crippen LogP contribution in [0.1, 0.15) is 23.1 Å². The van der Waals surface area contributed by atoms with Crippen molar-refractivity contribution in [2.45, 2.75) is 13.0 Å². The molecule has 0 bridgehead atoms. The highest BCUT2D eigenvalue weighted by Gasteiger charge is 2.48. The first kappa shape index (κ1) is 19.2. The van der Waals surface area contributed by atoms with Crippen LogP contribution in [0.5, 0.6) is 0 Å². The van der Waals surface area contributed by atoms with E-state index in [-0.39, 0.29) is 11.3 Å². The molecule has 0 aliphatic carbocycles. The number of amides is 1. The Morgan fingerprint density at radius 2 is 1.90 bits per heavy atom. The van der Waals surface area contributed by atoms with Crippen LogP contribution in [0.3, 0.4) is 0 Å². The minimum atomic E-state index is -0.930. The first-order valence-electron chi connectivity index (χ1n) is 9.65. The number of hydrogen-bond donors (Lipinski definition) is 2. The molecule has 1 unspecified atom stereocenters. The van der Waals surface area contributed by atoms with E-state index < -0.39 is 17.7 Å². The first-order valence-corrected chi connectivity index (χ1v) is 10.0. The predicted molar refractivity (Wildman–Crippen MR) is 118 cm³/mol. The van der Waals surface area contributed by atoms with E-state index in [1.54, 1.807) is 49.5 Å². The Bertz CT molecular complexity index is 1380. The number of aromatic nitrogens is 1. The van der Waals surface area contributed by atoms with E-state index in [9.17, 15) is 14.7 Å². The molecule has 1 aliphatic heterocycles. The minimum absolute atomic E-state index is 0.0379. The molecule has 4 aromatic rings. The van der Waals surface area contributed by atoms with Crippen LogP contribution in [0, 0.1) is 6.92 Å². The SMILES string of the molecule is Cc1ccc(C2/C(=C(/O)c3c[nH]c4ccccc34)C(=O)C(=O)N2c2cccc(Cl)c2)o1. The second kappa shape index (κ2) is 7.18. The van der Waals surface area contributed by atoms with Gasteiger partial charge in [0, 0.05) is 33.4 Å². The van der Waals surface area contributed by atoms with E-state index in [2.05, 4.69) is 4.98 Å². The molecule has 31 heavy (non-hydrogen) atoms. The lowest BCUT2D eigenvalue weighted by molar-refractivity contribution is -0.132. The molecule has 1 fully saturated rings. The summed E-state index contributed by atoms with van der Waals surface area (Å²) in [6.07, 6.45) is 1.62. The number of hydrogen-bond acceptors (Lipinski definition) is 4. The zero-order valence-corrected chi connectivity index (χ0v) is 17.2. The Hall–Kier alpha value is -3.77. The number of aliphatic hydroxyl groups is 1. The third-order valence-electron chi connectivity index (χ3n) is 5.41. The van der Waals surface area contributed by atoms with Crippen molar-refractivity contribution in [2.24, 2.45) is 0 Å². The lowest BCUT2D eigenvalue weighted by atomic mass is 9.99. The van der Waals surface area contributed by atoms with E-state index in [1.807, 2.05) is 24.3 Å². The van der Waals surface area contributed by atoms with Crippen molar-refractivity contribution in [1.82, 2.24) is 4.98 Å². The number of nitrogens with zero attached hydrogens (tertiary/aromatic N) is 1. The molecule has 0 spiro atoms. The fourth-order valence-electron chi connectivity index (χ4n) is 4.01. The molecule has 2 aromatic heterocycles. The average molecular weight is 433 g/mol. The smallest absolute Gasteiger partial charge is 0.300 e. The second-order valence-electron chi connectivity index (χ2n) is 7.35. The summed E-state index contributed by atoms with van der Waals surface area (Å²) >= 11 is 6.14. The Morgan fingerprint density at radius 3 is 2.65 bits per heavy atom. The van der Waals surface area contributed by atoms with Crippen LogP contribution in [0.15, 0.2) is 76.9 Å². The highest BCUT2D eigenvalue weighted by atomic mass is 35.5. The Balaban J connectivity index is 1.76. The van der Waals surface area contributed by atoms with Gasteiger partial charge in [-0.25, -0.2) is 0 Å². The number of anilines is 1. The van der Waals surface area contributed by atoms with E-state index in [4.69, 9.17) is 16.0 Å². The summed E-state index contributed by atoms with van der Waals surface area (Å²) in [4.78, 5) is 30.6. The van der Waals surface area contributed by atoms with E-state index >= 15 is 0 Å². The summed E-state index contributed by atoms with van der Waals surface area (Å²) in [6, 6.07) is 16.6. The molecule has 2 aromatic carbocycles. The number of Topliss-reactive ketones (excluding diaryl/α,β-unsaturated/α-hetero) is 1. The molecule has 1 aliphatic rings. The van der Waals surface area contributed by atoms with Gasteiger partial charge in [-0.15, -0.1) is 0 Å². The molecular formula is C24H17ClN2O4. The number of para-hydroxylation sites is 1. The summed E-state index contributed by atoms with van der Waals surface area (Å²) in [5.74, 6) is -0.819. The van der Waals surface area contributed by atoms with Crippen LogP contribution in [-0.2, 0) is 9.59 Å². The van der Waals surface area contributed by atoms with Gasteiger partial charge < -0.3 is 14.5 Å². The summed E-state index contributed by atoms with van der Waals surface area (Å²) in [6.45, 7) is 1.77. The third-order valence-corrected chi connectivity index (χ3v) is 5.64. The van der Waals surface area contributed by atoms with Crippen molar-refractivity contribution in [3.05, 3.63) is 94.5 Å². The molecule has 2 N–H and O–H groups in total. The number of aryl methyl sites for hydroxylation is 1. The topological polar surface area (TPSA) is 86.5 Å². The highest BCUT2D eigenvalue weighted by molar-refractivity contribution is 6.52. The summed E-state index contributed by atoms with van der Waals surface area (Å²) in [7, 11) is 0. The monoisotopic (exact) mass is 432 g/mol. The maximum atomic E-state index is 13.1. The van der Waals surface area contributed by atoms with Crippen molar-refractivity contribution in [3.63, 3.8) is 0 Å². The number of ketones is 1. The highest BCUT2D eigenvalue weighted by Crippen LogP contribution is 2.43. The predicted octanol–water partition coefficient (Wildman–Crippen LogP) is 5.35. The first-order chi connectivity index (χ1) is 15.0. The number of fused-ring (bicyclic) bond motifs is 1. The number of aliphatic hydroxyl groups excluding tert-OH is 1. The summed E-state index contributed by atoms with van der Waals surface area (Å²) in [5.41, 5.74) is 1.64. The van der Waals surface area contributed by atoms with Gasteiger partial charge in [0.1, 0.15) is 23.3 Å².